The molecule has 0 aliphatic heterocycles. The van der Waals surface area contributed by atoms with Crippen molar-refractivity contribution in [2.45, 2.75) is 13.0 Å². The van der Waals surface area contributed by atoms with Crippen LogP contribution in [0.1, 0.15) is 29.9 Å². The Morgan fingerprint density at radius 2 is 2.10 bits per heavy atom. The summed E-state index contributed by atoms with van der Waals surface area (Å²) in [5.41, 5.74) is 7.08. The summed E-state index contributed by atoms with van der Waals surface area (Å²) in [6.07, 6.45) is 11.2. The van der Waals surface area contributed by atoms with Gasteiger partial charge in [-0.15, -0.1) is 10.2 Å². The van der Waals surface area contributed by atoms with E-state index in [2.05, 4.69) is 20.2 Å². The zero-order valence-corrected chi connectivity index (χ0v) is 16.9. The van der Waals surface area contributed by atoms with E-state index < -0.39 is 11.9 Å². The van der Waals surface area contributed by atoms with Crippen LogP contribution in [0.25, 0.3) is 17.3 Å². The van der Waals surface area contributed by atoms with E-state index in [4.69, 9.17) is 5.73 Å². The molecule has 0 aromatic carbocycles. The van der Waals surface area contributed by atoms with E-state index in [1.807, 2.05) is 0 Å². The molecule has 3 aromatic heterocycles. The molecular formula is C21H22FN7O. The summed E-state index contributed by atoms with van der Waals surface area (Å²) in [6.45, 7) is 1.80. The van der Waals surface area contributed by atoms with Crippen LogP contribution >= 0.6 is 0 Å². The summed E-state index contributed by atoms with van der Waals surface area (Å²) in [5, 5.41) is 8.10. The van der Waals surface area contributed by atoms with Crippen LogP contribution < -0.4 is 11.3 Å². The van der Waals surface area contributed by atoms with Gasteiger partial charge in [-0.3, -0.25) is 19.2 Å². The van der Waals surface area contributed by atoms with E-state index in [1.54, 1.807) is 63.9 Å². The highest BCUT2D eigenvalue weighted by Crippen LogP contribution is 2.21. The number of rotatable bonds is 6. The number of hydrogen-bond donors (Lipinski definition) is 1. The average Bonchev–Trinajstić information content (AvgIpc) is 3.17. The fourth-order valence-electron chi connectivity index (χ4n) is 3.08. The lowest BCUT2D eigenvalue weighted by molar-refractivity contribution is 0.571. The third-order valence-corrected chi connectivity index (χ3v) is 4.57. The van der Waals surface area contributed by atoms with Crippen molar-refractivity contribution in [1.29, 1.82) is 0 Å². The molecule has 8 nitrogen and oxygen atoms in total. The molecule has 3 aromatic rings. The van der Waals surface area contributed by atoms with Gasteiger partial charge in [-0.05, 0) is 37.3 Å². The monoisotopic (exact) mass is 407 g/mol. The minimum Gasteiger partial charge on any atom is -0.404 e. The van der Waals surface area contributed by atoms with Crippen LogP contribution in [-0.2, 0) is 0 Å². The fourth-order valence-corrected chi connectivity index (χ4v) is 3.08. The molecule has 0 radical (unpaired) electrons. The second kappa shape index (κ2) is 9.08. The second-order valence-corrected chi connectivity index (χ2v) is 6.46. The molecule has 9 heteroatoms. The van der Waals surface area contributed by atoms with E-state index in [-0.39, 0.29) is 11.2 Å². The Morgan fingerprint density at radius 1 is 1.30 bits per heavy atom. The molecule has 0 aliphatic rings. The minimum atomic E-state index is -0.551. The minimum absolute atomic E-state index is 0.0636. The molecule has 3 rings (SSSR count). The zero-order valence-electron chi connectivity index (χ0n) is 16.9. The second-order valence-electron chi connectivity index (χ2n) is 6.46. The highest BCUT2D eigenvalue weighted by molar-refractivity contribution is 6.09. The lowest BCUT2D eigenvalue weighted by Crippen LogP contribution is -2.26. The molecule has 0 fully saturated rings. The quantitative estimate of drug-likeness (QED) is 0.634. The van der Waals surface area contributed by atoms with Gasteiger partial charge in [0, 0.05) is 61.8 Å². The summed E-state index contributed by atoms with van der Waals surface area (Å²) in [7, 11) is 3.25. The summed E-state index contributed by atoms with van der Waals surface area (Å²) in [5.74, 6) is -0.140. The van der Waals surface area contributed by atoms with Gasteiger partial charge in [0.25, 0.3) is 5.56 Å². The van der Waals surface area contributed by atoms with Gasteiger partial charge in [0.2, 0.25) is 0 Å². The van der Waals surface area contributed by atoms with Crippen LogP contribution in [0.2, 0.25) is 0 Å². The first kappa shape index (κ1) is 20.8. The number of fused-ring (bicyclic) bond motifs is 1. The number of pyridine rings is 2. The molecule has 0 saturated carbocycles. The van der Waals surface area contributed by atoms with Gasteiger partial charge in [0.15, 0.2) is 17.3 Å². The molecule has 0 amide bonds. The highest BCUT2D eigenvalue weighted by atomic mass is 19.1. The van der Waals surface area contributed by atoms with Crippen LogP contribution in [-0.4, -0.2) is 45.7 Å². The number of halogens is 1. The molecule has 0 aliphatic carbocycles. The third-order valence-electron chi connectivity index (χ3n) is 4.57. The number of aromatic nitrogens is 4. The van der Waals surface area contributed by atoms with Gasteiger partial charge in [-0.1, -0.05) is 0 Å². The maximum Gasteiger partial charge on any atom is 0.258 e. The van der Waals surface area contributed by atoms with Crippen molar-refractivity contribution in [2.24, 2.45) is 15.7 Å². The molecule has 154 valence electrons. The predicted octanol–water partition coefficient (Wildman–Crippen LogP) is 2.35. The first-order valence-corrected chi connectivity index (χ1v) is 9.20. The van der Waals surface area contributed by atoms with Crippen molar-refractivity contribution in [3.63, 3.8) is 0 Å². The summed E-state index contributed by atoms with van der Waals surface area (Å²) in [6, 6.07) is 4.31. The molecule has 0 saturated heterocycles. The van der Waals surface area contributed by atoms with Gasteiger partial charge in [0.05, 0.1) is 6.04 Å². The predicted molar refractivity (Wildman–Crippen MR) is 117 cm³/mol. The average molecular weight is 407 g/mol. The van der Waals surface area contributed by atoms with Crippen LogP contribution in [0.5, 0.6) is 0 Å². The van der Waals surface area contributed by atoms with Crippen molar-refractivity contribution in [1.82, 2.24) is 19.2 Å². The van der Waals surface area contributed by atoms with Crippen molar-refractivity contribution >= 4 is 29.7 Å². The number of hydrogen-bond acceptors (Lipinski definition) is 6. The maximum absolute atomic E-state index is 14.7. The number of nitrogens with zero attached hydrogens (tertiary/aromatic N) is 6. The Morgan fingerprint density at radius 3 is 2.80 bits per heavy atom. The van der Waals surface area contributed by atoms with Gasteiger partial charge in [-0.25, -0.2) is 4.39 Å². The van der Waals surface area contributed by atoms with Crippen molar-refractivity contribution in [3.05, 3.63) is 76.0 Å². The van der Waals surface area contributed by atoms with Crippen LogP contribution in [0.15, 0.2) is 57.6 Å². The zero-order chi connectivity index (χ0) is 21.7. The Bertz CT molecular complexity index is 1230. The molecule has 0 bridgehead atoms. The van der Waals surface area contributed by atoms with Gasteiger partial charge in [0.1, 0.15) is 0 Å². The molecule has 3 heterocycles. The largest absolute Gasteiger partial charge is 0.404 e. The topological polar surface area (TPSA) is 103 Å². The Balaban J connectivity index is 2.12. The van der Waals surface area contributed by atoms with Crippen molar-refractivity contribution < 1.29 is 4.39 Å². The van der Waals surface area contributed by atoms with Gasteiger partial charge in [-0.2, -0.15) is 0 Å². The fraction of sp³-hybridized carbons (Fsp3) is 0.190. The molecule has 2 N–H and O–H groups in total. The van der Waals surface area contributed by atoms with E-state index >= 15 is 0 Å². The smallest absolute Gasteiger partial charge is 0.258 e. The first-order chi connectivity index (χ1) is 14.5. The lowest BCUT2D eigenvalue weighted by Gasteiger charge is -2.15. The Labute approximate surface area is 172 Å². The SMILES string of the molecule is CN=C/C=C\c1cccn(C(C)c2nnc3c(F)cc(C(C=NC)=CN)cn23)c1=O. The lowest BCUT2D eigenvalue weighted by atomic mass is 10.1. The maximum atomic E-state index is 14.7. The van der Waals surface area contributed by atoms with E-state index in [9.17, 15) is 9.18 Å². The normalized spacial score (nSPS) is 13.9. The molecular weight excluding hydrogens is 385 g/mol. The van der Waals surface area contributed by atoms with Crippen molar-refractivity contribution in [3.8, 4) is 0 Å². The van der Waals surface area contributed by atoms with Gasteiger partial charge < -0.3 is 10.3 Å². The third kappa shape index (κ3) is 3.95. The molecule has 1 unspecified atom stereocenters. The van der Waals surface area contributed by atoms with Gasteiger partial charge >= 0.3 is 0 Å². The summed E-state index contributed by atoms with van der Waals surface area (Å²) in [4.78, 5) is 20.7. The highest BCUT2D eigenvalue weighted by Gasteiger charge is 2.20. The first-order valence-electron chi connectivity index (χ1n) is 9.20. The molecule has 0 spiro atoms. The van der Waals surface area contributed by atoms with Crippen LogP contribution in [0.4, 0.5) is 4.39 Å². The van der Waals surface area contributed by atoms with Crippen LogP contribution in [0, 0.1) is 5.82 Å². The Hall–Kier alpha value is -3.88. The van der Waals surface area contributed by atoms with E-state index in [0.717, 1.165) is 0 Å². The standard InChI is InChI=1S/C21H22FN7O/c1-14(28-9-5-7-15(21(28)30)6-4-8-24-2)19-26-27-20-18(22)10-16(13-29(19)20)17(11-23)12-25-3/h4-14H,23H2,1-3H3/b6-4-,17-11?,24-8?,25-12?. The Kier molecular flexibility index (Phi) is 6.31. The number of aliphatic imine (C=N–C) groups is 2. The summed E-state index contributed by atoms with van der Waals surface area (Å²) >= 11 is 0. The summed E-state index contributed by atoms with van der Waals surface area (Å²) < 4.78 is 17.7. The molecule has 1 atom stereocenters. The number of nitrogens with two attached hydrogens (primary N) is 1. The van der Waals surface area contributed by atoms with E-state index in [1.165, 1.54) is 27.4 Å². The molecule has 30 heavy (non-hydrogen) atoms. The van der Waals surface area contributed by atoms with E-state index in [0.29, 0.717) is 22.5 Å². The number of allylic oxidation sites excluding steroid dienone is 2. The van der Waals surface area contributed by atoms with Crippen molar-refractivity contribution in [2.75, 3.05) is 14.1 Å². The van der Waals surface area contributed by atoms with Crippen LogP contribution in [0.3, 0.4) is 0 Å².